The monoisotopic (exact) mass is 365 g/mol. The predicted molar refractivity (Wildman–Crippen MR) is 58.9 cm³/mol. The van der Waals surface area contributed by atoms with Gasteiger partial charge >= 0.3 is 24.3 Å². The van der Waals surface area contributed by atoms with Gasteiger partial charge in [-0.25, -0.2) is 0 Å². The summed E-state index contributed by atoms with van der Waals surface area (Å²) in [6.07, 6.45) is 4.12. The van der Waals surface area contributed by atoms with Gasteiger partial charge in [0.25, 0.3) is 0 Å². The van der Waals surface area contributed by atoms with Crippen LogP contribution in [-0.2, 0) is 24.1 Å². The normalized spacial score (nSPS) is 23.6. The molecule has 0 aromatic heterocycles. The first-order valence-electron chi connectivity index (χ1n) is 4.62. The summed E-state index contributed by atoms with van der Waals surface area (Å²) < 4.78 is 0. The molecule has 14 heavy (non-hydrogen) atoms. The summed E-state index contributed by atoms with van der Waals surface area (Å²) in [5.41, 5.74) is 0. The van der Waals surface area contributed by atoms with E-state index in [-0.39, 0.29) is 17.7 Å². The number of allylic oxidation sites excluding steroid dienone is 1. The number of hydrogen-bond donors (Lipinski definition) is 0. The van der Waals surface area contributed by atoms with E-state index in [0.29, 0.717) is 0 Å². The Hall–Kier alpha value is -0.232. The van der Waals surface area contributed by atoms with Crippen molar-refractivity contribution in [1.29, 1.82) is 0 Å². The zero-order valence-corrected chi connectivity index (χ0v) is 12.1. The first kappa shape index (κ1) is 16.2. The Labute approximate surface area is 98.6 Å². The Morgan fingerprint density at radius 2 is 2.00 bits per heavy atom. The molecule has 3 heteroatoms. The van der Waals surface area contributed by atoms with Crippen molar-refractivity contribution in [2.45, 2.75) is 33.2 Å². The van der Waals surface area contributed by atoms with Gasteiger partial charge in [-0.05, 0) is 6.08 Å². The average molecular weight is 365 g/mol. The summed E-state index contributed by atoms with van der Waals surface area (Å²) in [5.74, 6) is 0.271. The van der Waals surface area contributed by atoms with Crippen molar-refractivity contribution in [2.75, 3.05) is 0 Å². The molecule has 1 rings (SSSR count). The van der Waals surface area contributed by atoms with Crippen LogP contribution in [0.3, 0.4) is 0 Å². The van der Waals surface area contributed by atoms with Crippen molar-refractivity contribution in [3.05, 3.63) is 24.5 Å². The number of nitrogens with zero attached hydrogens (tertiary/aromatic N) is 1. The second-order valence-corrected chi connectivity index (χ2v) is 2.90. The van der Waals surface area contributed by atoms with E-state index in [1.807, 2.05) is 20.8 Å². The van der Waals surface area contributed by atoms with Crippen LogP contribution in [0.25, 0.3) is 5.32 Å². The first-order chi connectivity index (χ1) is 6.63. The second kappa shape index (κ2) is 10.8. The third-order valence-corrected chi connectivity index (χ3v) is 1.73. The second-order valence-electron chi connectivity index (χ2n) is 2.90. The Kier molecular flexibility index (Phi) is 12.6. The van der Waals surface area contributed by atoms with Gasteiger partial charge in [-0.1, -0.05) is 20.8 Å². The van der Waals surface area contributed by atoms with Crippen LogP contribution in [0.2, 0.25) is 0 Å². The van der Waals surface area contributed by atoms with E-state index in [2.05, 4.69) is 17.1 Å². The van der Waals surface area contributed by atoms with Crippen LogP contribution in [0.4, 0.5) is 0 Å². The Balaban J connectivity index is 0. The van der Waals surface area contributed by atoms with E-state index in [0.717, 1.165) is 6.42 Å². The summed E-state index contributed by atoms with van der Waals surface area (Å²) in [7, 11) is 0. The van der Waals surface area contributed by atoms with Crippen LogP contribution in [0.15, 0.2) is 12.3 Å². The van der Waals surface area contributed by atoms with Gasteiger partial charge in [0.15, 0.2) is 5.78 Å². The molecule has 1 aliphatic rings. The SMILES string of the molecule is CC1[N-]C=CC(=O)C1C.[CH2-]CC.[CH2]=[W]. The molecule has 2 nitrogen and oxygen atoms in total. The number of ketones is 1. The fourth-order valence-electron chi connectivity index (χ4n) is 0.771. The molecule has 0 amide bonds. The van der Waals surface area contributed by atoms with Crippen LogP contribution in [0, 0.1) is 12.8 Å². The minimum atomic E-state index is 0.0787. The fraction of sp³-hybridized carbons (Fsp3) is 0.545. The van der Waals surface area contributed by atoms with Crippen LogP contribution in [0.5, 0.6) is 0 Å². The summed E-state index contributed by atoms with van der Waals surface area (Å²) in [5, 5.41) is 4.06. The first-order valence-corrected chi connectivity index (χ1v) is 6.69. The van der Waals surface area contributed by atoms with Gasteiger partial charge in [0.1, 0.15) is 0 Å². The van der Waals surface area contributed by atoms with Crippen LogP contribution >= 0.6 is 0 Å². The van der Waals surface area contributed by atoms with Crippen molar-refractivity contribution < 1.29 is 24.1 Å². The standard InChI is InChI=1S/C7H11NO.C3H7.CH2.W/c1-5-6(2)8-4-3-7(5)9;1-3-2;;/h3-6H,1-2H3,(H,8,9);1,3H2,2H3;1H2;/q;-1;;/p-1. The van der Waals surface area contributed by atoms with Gasteiger partial charge in [-0.3, -0.25) is 4.79 Å². The maximum atomic E-state index is 10.9. The minimum absolute atomic E-state index is 0.0787. The molecule has 0 fully saturated rings. The third-order valence-electron chi connectivity index (χ3n) is 1.73. The van der Waals surface area contributed by atoms with Crippen molar-refractivity contribution in [3.8, 4) is 0 Å². The molecule has 0 N–H and O–H groups in total. The molecule has 0 spiro atoms. The summed E-state index contributed by atoms with van der Waals surface area (Å²) in [4.78, 5) is 14.2. The van der Waals surface area contributed by atoms with Crippen LogP contribution in [0.1, 0.15) is 27.2 Å². The Bertz CT molecular complexity index is 180. The average Bonchev–Trinajstić information content (AvgIpc) is 2.19. The summed E-state index contributed by atoms with van der Waals surface area (Å²) >= 11 is 1.33. The third kappa shape index (κ3) is 7.20. The molecule has 1 aliphatic heterocycles. The number of rotatable bonds is 0. The molecule has 0 aromatic carbocycles. The van der Waals surface area contributed by atoms with Gasteiger partial charge in [0.2, 0.25) is 0 Å². The van der Waals surface area contributed by atoms with Crippen molar-refractivity contribution >= 4 is 10.7 Å². The van der Waals surface area contributed by atoms with E-state index >= 15 is 0 Å². The molecule has 0 bridgehead atoms. The topological polar surface area (TPSA) is 31.2 Å². The molecule has 2 atom stereocenters. The fourth-order valence-corrected chi connectivity index (χ4v) is 0.771. The molecular weight excluding hydrogens is 346 g/mol. The maximum absolute atomic E-state index is 10.9. The zero-order valence-electron chi connectivity index (χ0n) is 9.19. The molecule has 2 unspecified atom stereocenters. The number of carbonyl (C=O) groups is 1. The van der Waals surface area contributed by atoms with Gasteiger partial charge in [-0.2, -0.15) is 12.6 Å². The van der Waals surface area contributed by atoms with Crippen molar-refractivity contribution in [3.63, 3.8) is 0 Å². The Morgan fingerprint density at radius 3 is 2.29 bits per heavy atom. The van der Waals surface area contributed by atoms with Crippen molar-refractivity contribution in [1.82, 2.24) is 0 Å². The predicted octanol–water partition coefficient (Wildman–Crippen LogP) is 2.68. The molecule has 0 aliphatic carbocycles. The molecule has 0 aromatic rings. The summed E-state index contributed by atoms with van der Waals surface area (Å²) in [6.45, 7) is 9.35. The van der Waals surface area contributed by atoms with Gasteiger partial charge in [0.05, 0.1) is 0 Å². The molecule has 0 radical (unpaired) electrons. The number of hydrogen-bond acceptors (Lipinski definition) is 1. The Morgan fingerprint density at radius 1 is 1.57 bits per heavy atom. The molecule has 0 saturated carbocycles. The zero-order chi connectivity index (χ0) is 11.6. The quantitative estimate of drug-likeness (QED) is 0.608. The molecule has 1 heterocycles. The van der Waals surface area contributed by atoms with Gasteiger partial charge in [-0.15, -0.1) is 6.04 Å². The number of carbonyl (C=O) groups excluding carboxylic acids is 1. The van der Waals surface area contributed by atoms with E-state index in [1.54, 1.807) is 6.20 Å². The molecule has 0 saturated heterocycles. The van der Waals surface area contributed by atoms with E-state index in [1.165, 1.54) is 25.4 Å². The van der Waals surface area contributed by atoms with Gasteiger partial charge in [0, 0.05) is 5.92 Å². The molecular formula is C11H19NOW-2. The van der Waals surface area contributed by atoms with Crippen molar-refractivity contribution in [2.24, 2.45) is 5.92 Å². The van der Waals surface area contributed by atoms with Crippen LogP contribution in [-0.4, -0.2) is 16.7 Å². The summed E-state index contributed by atoms with van der Waals surface area (Å²) in [6, 6.07) is 0.169. The van der Waals surface area contributed by atoms with E-state index in [4.69, 9.17) is 0 Å². The van der Waals surface area contributed by atoms with Crippen LogP contribution < -0.4 is 0 Å². The molecule has 82 valence electrons. The van der Waals surface area contributed by atoms with E-state index in [9.17, 15) is 4.79 Å². The van der Waals surface area contributed by atoms with E-state index < -0.39 is 0 Å². The van der Waals surface area contributed by atoms with Gasteiger partial charge < -0.3 is 12.2 Å².